The quantitative estimate of drug-likeness (QED) is 0.428. The van der Waals surface area contributed by atoms with E-state index in [9.17, 15) is 4.79 Å². The van der Waals surface area contributed by atoms with Gasteiger partial charge in [-0.2, -0.15) is 0 Å². The Labute approximate surface area is 206 Å². The third kappa shape index (κ3) is 5.65. The van der Waals surface area contributed by atoms with Crippen molar-refractivity contribution in [1.29, 1.82) is 0 Å². The first kappa shape index (κ1) is 24.4. The van der Waals surface area contributed by atoms with E-state index in [0.717, 1.165) is 62.5 Å². The van der Waals surface area contributed by atoms with Gasteiger partial charge in [0.25, 0.3) is 0 Å². The lowest BCUT2D eigenvalue weighted by molar-refractivity contribution is -0.130. The molecule has 4 rings (SSSR count). The van der Waals surface area contributed by atoms with Crippen LogP contribution in [0.25, 0.3) is 10.1 Å². The van der Waals surface area contributed by atoms with E-state index < -0.39 is 0 Å². The zero-order valence-corrected chi connectivity index (χ0v) is 21.4. The van der Waals surface area contributed by atoms with E-state index in [1.54, 1.807) is 21.3 Å². The van der Waals surface area contributed by atoms with Crippen molar-refractivity contribution in [1.82, 2.24) is 9.80 Å². The number of carbonyl (C=O) groups is 1. The molecule has 0 spiro atoms. The molecule has 7 heteroatoms. The van der Waals surface area contributed by atoms with Crippen LogP contribution in [0.1, 0.15) is 22.4 Å². The molecule has 0 aliphatic carbocycles. The predicted octanol–water partition coefficient (Wildman–Crippen LogP) is 4.42. The van der Waals surface area contributed by atoms with E-state index in [1.165, 1.54) is 20.5 Å². The van der Waals surface area contributed by atoms with Gasteiger partial charge < -0.3 is 24.0 Å². The summed E-state index contributed by atoms with van der Waals surface area (Å²) in [5, 5.41) is 1.28. The van der Waals surface area contributed by atoms with Crippen LogP contribution in [-0.4, -0.2) is 70.3 Å². The summed E-state index contributed by atoms with van der Waals surface area (Å²) >= 11 is 1.84. The number of hydrogen-bond donors (Lipinski definition) is 0. The fraction of sp³-hybridized carbons (Fsp3) is 0.444. The highest BCUT2D eigenvalue weighted by Crippen LogP contribution is 2.32. The lowest BCUT2D eigenvalue weighted by atomic mass is 10.0. The third-order valence-electron chi connectivity index (χ3n) is 6.54. The second-order valence-corrected chi connectivity index (χ2v) is 9.98. The summed E-state index contributed by atoms with van der Waals surface area (Å²) in [6.45, 7) is 3.50. The fourth-order valence-electron chi connectivity index (χ4n) is 4.51. The zero-order chi connectivity index (χ0) is 24.1. The monoisotopic (exact) mass is 482 g/mol. The second-order valence-electron chi connectivity index (χ2n) is 8.81. The van der Waals surface area contributed by atoms with Gasteiger partial charge in [-0.1, -0.05) is 0 Å². The van der Waals surface area contributed by atoms with E-state index in [4.69, 9.17) is 14.2 Å². The molecule has 0 bridgehead atoms. The number of amides is 1. The van der Waals surface area contributed by atoms with Crippen LogP contribution in [-0.2, 0) is 24.1 Å². The highest BCUT2D eigenvalue weighted by atomic mass is 32.1. The fourth-order valence-corrected chi connectivity index (χ4v) is 5.59. The Morgan fingerprint density at radius 1 is 0.971 bits per heavy atom. The molecule has 0 saturated carbocycles. The van der Waals surface area contributed by atoms with Crippen LogP contribution >= 0.6 is 11.3 Å². The minimum absolute atomic E-state index is 0.189. The zero-order valence-electron chi connectivity index (χ0n) is 20.6. The Bertz CT molecular complexity index is 1140. The number of hydrogen-bond acceptors (Lipinski definition) is 6. The summed E-state index contributed by atoms with van der Waals surface area (Å²) in [6, 6.07) is 12.5. The van der Waals surface area contributed by atoms with Gasteiger partial charge in [-0.25, -0.2) is 0 Å². The first-order valence-corrected chi connectivity index (χ1v) is 12.6. The summed E-state index contributed by atoms with van der Waals surface area (Å²) in [5.41, 5.74) is 2.22. The summed E-state index contributed by atoms with van der Waals surface area (Å²) in [6.07, 6.45) is 3.25. The Kier molecular flexibility index (Phi) is 7.95. The normalized spacial score (nSPS) is 13.8. The highest BCUT2D eigenvalue weighted by Gasteiger charge is 2.22. The average Bonchev–Trinajstić information content (AvgIpc) is 3.19. The molecule has 0 saturated heterocycles. The Morgan fingerprint density at radius 3 is 2.47 bits per heavy atom. The van der Waals surface area contributed by atoms with Gasteiger partial charge in [0.15, 0.2) is 11.5 Å². The summed E-state index contributed by atoms with van der Waals surface area (Å²) in [5.74, 6) is 2.50. The highest BCUT2D eigenvalue weighted by molar-refractivity contribution is 7.19. The third-order valence-corrected chi connectivity index (χ3v) is 7.69. The molecule has 2 aromatic carbocycles. The lowest BCUT2D eigenvalue weighted by Crippen LogP contribution is -2.35. The first-order valence-electron chi connectivity index (χ1n) is 11.8. The summed E-state index contributed by atoms with van der Waals surface area (Å²) < 4.78 is 17.5. The van der Waals surface area contributed by atoms with Crippen molar-refractivity contribution in [3.63, 3.8) is 0 Å². The molecule has 3 aromatic rings. The molecule has 0 fully saturated rings. The standard InChI is InChI=1S/C27H34N2O4S/c1-28(12-9-23-14-20-6-7-22(31-2)18-26(20)34-23)10-5-11-29-13-8-19-15-24(32-3)25(33-4)16-21(19)17-27(29)30/h6-7,14-16,18H,5,8-13,17H2,1-4H3. The van der Waals surface area contributed by atoms with Crippen molar-refractivity contribution < 1.29 is 19.0 Å². The van der Waals surface area contributed by atoms with Gasteiger partial charge in [-0.3, -0.25) is 4.79 Å². The first-order chi connectivity index (χ1) is 16.5. The van der Waals surface area contributed by atoms with Crippen molar-refractivity contribution in [2.45, 2.75) is 25.7 Å². The number of fused-ring (bicyclic) bond motifs is 2. The van der Waals surface area contributed by atoms with Gasteiger partial charge in [0, 0.05) is 29.2 Å². The van der Waals surface area contributed by atoms with Crippen molar-refractivity contribution in [2.24, 2.45) is 0 Å². The maximum Gasteiger partial charge on any atom is 0.227 e. The van der Waals surface area contributed by atoms with Crippen molar-refractivity contribution in [2.75, 3.05) is 54.6 Å². The number of ether oxygens (including phenoxy) is 3. The number of rotatable bonds is 10. The summed E-state index contributed by atoms with van der Waals surface area (Å²) in [4.78, 5) is 18.6. The SMILES string of the molecule is COc1ccc2cc(CCN(C)CCCN3CCc4cc(OC)c(OC)cc4CC3=O)sc2c1. The predicted molar refractivity (Wildman–Crippen MR) is 138 cm³/mol. The van der Waals surface area contributed by atoms with Crippen LogP contribution in [0, 0.1) is 0 Å². The minimum Gasteiger partial charge on any atom is -0.497 e. The Hall–Kier alpha value is -2.77. The van der Waals surface area contributed by atoms with Crippen LogP contribution in [0.4, 0.5) is 0 Å². The molecule has 1 aliphatic rings. The molecule has 6 nitrogen and oxygen atoms in total. The molecule has 1 aromatic heterocycles. The van der Waals surface area contributed by atoms with Crippen LogP contribution in [0.15, 0.2) is 36.4 Å². The molecule has 2 heterocycles. The summed E-state index contributed by atoms with van der Waals surface area (Å²) in [7, 11) is 7.14. The van der Waals surface area contributed by atoms with Gasteiger partial charge in [-0.05, 0) is 85.8 Å². The van der Waals surface area contributed by atoms with Crippen LogP contribution in [0.3, 0.4) is 0 Å². The topological polar surface area (TPSA) is 51.2 Å². The van der Waals surface area contributed by atoms with Crippen molar-refractivity contribution in [3.05, 3.63) is 52.4 Å². The van der Waals surface area contributed by atoms with Crippen LogP contribution in [0.2, 0.25) is 0 Å². The van der Waals surface area contributed by atoms with Crippen molar-refractivity contribution in [3.8, 4) is 17.2 Å². The Balaban J connectivity index is 1.25. The molecule has 182 valence electrons. The van der Waals surface area contributed by atoms with Gasteiger partial charge >= 0.3 is 0 Å². The Morgan fingerprint density at radius 2 is 1.74 bits per heavy atom. The van der Waals surface area contributed by atoms with Gasteiger partial charge in [-0.15, -0.1) is 11.3 Å². The molecule has 34 heavy (non-hydrogen) atoms. The lowest BCUT2D eigenvalue weighted by Gasteiger charge is -2.22. The van der Waals surface area contributed by atoms with E-state index in [-0.39, 0.29) is 5.91 Å². The number of methoxy groups -OCH3 is 3. The number of nitrogens with zero attached hydrogens (tertiary/aromatic N) is 2. The number of benzene rings is 2. The maximum atomic E-state index is 12.9. The van der Waals surface area contributed by atoms with Crippen LogP contribution in [0.5, 0.6) is 17.2 Å². The number of carbonyl (C=O) groups excluding carboxylic acids is 1. The number of likely N-dealkylation sites (N-methyl/N-ethyl adjacent to an activating group) is 1. The van der Waals surface area contributed by atoms with E-state index >= 15 is 0 Å². The molecular formula is C27H34N2O4S. The molecule has 0 unspecified atom stereocenters. The molecule has 1 aliphatic heterocycles. The second kappa shape index (κ2) is 11.1. The molecule has 0 atom stereocenters. The maximum absolute atomic E-state index is 12.9. The number of thiophene rings is 1. The van der Waals surface area contributed by atoms with Gasteiger partial charge in [0.1, 0.15) is 5.75 Å². The van der Waals surface area contributed by atoms with E-state index in [0.29, 0.717) is 12.2 Å². The van der Waals surface area contributed by atoms with Gasteiger partial charge in [0.2, 0.25) is 5.91 Å². The molecule has 0 radical (unpaired) electrons. The molecule has 0 N–H and O–H groups in total. The van der Waals surface area contributed by atoms with E-state index in [2.05, 4.69) is 30.1 Å². The molecule has 1 amide bonds. The minimum atomic E-state index is 0.189. The largest absolute Gasteiger partial charge is 0.497 e. The van der Waals surface area contributed by atoms with Gasteiger partial charge in [0.05, 0.1) is 27.8 Å². The van der Waals surface area contributed by atoms with E-state index in [1.807, 2.05) is 34.4 Å². The smallest absolute Gasteiger partial charge is 0.227 e. The molecular weight excluding hydrogens is 448 g/mol. The van der Waals surface area contributed by atoms with Crippen LogP contribution < -0.4 is 14.2 Å². The average molecular weight is 483 g/mol. The van der Waals surface area contributed by atoms with Crippen molar-refractivity contribution >= 4 is 27.3 Å².